The fourth-order valence-corrected chi connectivity index (χ4v) is 1.79. The SMILES string of the molecule is Cc1ccc(C)n1-c1ccc(O)cc1N. The maximum Gasteiger partial charge on any atom is 0.117 e. The maximum absolute atomic E-state index is 9.28. The van der Waals surface area contributed by atoms with Gasteiger partial charge < -0.3 is 15.4 Å². The highest BCUT2D eigenvalue weighted by molar-refractivity contribution is 5.61. The molecule has 3 nitrogen and oxygen atoms in total. The molecule has 3 N–H and O–H groups in total. The molecular formula is C12H14N2O. The second-order valence-electron chi connectivity index (χ2n) is 3.69. The molecule has 0 saturated heterocycles. The summed E-state index contributed by atoms with van der Waals surface area (Å²) in [5, 5.41) is 9.28. The van der Waals surface area contributed by atoms with Crippen LogP contribution in [0.2, 0.25) is 0 Å². The molecule has 15 heavy (non-hydrogen) atoms. The van der Waals surface area contributed by atoms with Crippen molar-refractivity contribution in [1.82, 2.24) is 4.57 Å². The molecular weight excluding hydrogens is 188 g/mol. The van der Waals surface area contributed by atoms with Gasteiger partial charge in [-0.05, 0) is 38.1 Å². The Morgan fingerprint density at radius 3 is 2.20 bits per heavy atom. The van der Waals surface area contributed by atoms with Crippen LogP contribution in [0.1, 0.15) is 11.4 Å². The van der Waals surface area contributed by atoms with E-state index in [0.29, 0.717) is 5.69 Å². The zero-order chi connectivity index (χ0) is 11.0. The van der Waals surface area contributed by atoms with E-state index in [1.54, 1.807) is 12.1 Å². The quantitative estimate of drug-likeness (QED) is 0.697. The number of aryl methyl sites for hydroxylation is 2. The Morgan fingerprint density at radius 1 is 1.07 bits per heavy atom. The van der Waals surface area contributed by atoms with E-state index in [1.165, 1.54) is 0 Å². The topological polar surface area (TPSA) is 51.2 Å². The van der Waals surface area contributed by atoms with Crippen molar-refractivity contribution in [3.63, 3.8) is 0 Å². The van der Waals surface area contributed by atoms with Crippen molar-refractivity contribution in [1.29, 1.82) is 0 Å². The predicted molar refractivity (Wildman–Crippen MR) is 61.3 cm³/mol. The van der Waals surface area contributed by atoms with Crippen LogP contribution in [0.25, 0.3) is 5.69 Å². The van der Waals surface area contributed by atoms with Gasteiger partial charge >= 0.3 is 0 Å². The van der Waals surface area contributed by atoms with Crippen LogP contribution in [0, 0.1) is 13.8 Å². The van der Waals surface area contributed by atoms with Crippen molar-refractivity contribution >= 4 is 5.69 Å². The molecule has 0 atom stereocenters. The lowest BCUT2D eigenvalue weighted by atomic mass is 10.2. The first kappa shape index (κ1) is 9.65. The smallest absolute Gasteiger partial charge is 0.117 e. The summed E-state index contributed by atoms with van der Waals surface area (Å²) >= 11 is 0. The van der Waals surface area contributed by atoms with E-state index in [0.717, 1.165) is 17.1 Å². The van der Waals surface area contributed by atoms with E-state index in [2.05, 4.69) is 4.57 Å². The first-order valence-corrected chi connectivity index (χ1v) is 4.83. The number of nitrogen functional groups attached to an aromatic ring is 1. The lowest BCUT2D eigenvalue weighted by Gasteiger charge is -2.12. The van der Waals surface area contributed by atoms with Gasteiger partial charge in [-0.3, -0.25) is 0 Å². The first-order chi connectivity index (χ1) is 7.09. The Labute approximate surface area is 88.8 Å². The second-order valence-corrected chi connectivity index (χ2v) is 3.69. The summed E-state index contributed by atoms with van der Waals surface area (Å²) in [4.78, 5) is 0. The average molecular weight is 202 g/mol. The second kappa shape index (κ2) is 3.35. The lowest BCUT2D eigenvalue weighted by molar-refractivity contribution is 0.475. The number of anilines is 1. The Bertz CT molecular complexity index is 481. The third-order valence-electron chi connectivity index (χ3n) is 2.52. The Balaban J connectivity index is 2.64. The molecule has 78 valence electrons. The summed E-state index contributed by atoms with van der Waals surface area (Å²) in [6.07, 6.45) is 0. The number of rotatable bonds is 1. The zero-order valence-electron chi connectivity index (χ0n) is 8.86. The lowest BCUT2D eigenvalue weighted by Crippen LogP contribution is -2.02. The molecule has 2 aromatic rings. The number of benzene rings is 1. The molecule has 0 fully saturated rings. The van der Waals surface area contributed by atoms with Crippen molar-refractivity contribution in [2.45, 2.75) is 13.8 Å². The fourth-order valence-electron chi connectivity index (χ4n) is 1.79. The van der Waals surface area contributed by atoms with Crippen LogP contribution in [0.4, 0.5) is 5.69 Å². The maximum atomic E-state index is 9.28. The van der Waals surface area contributed by atoms with Gasteiger partial charge in [0.1, 0.15) is 5.75 Å². The van der Waals surface area contributed by atoms with Crippen molar-refractivity contribution in [3.8, 4) is 11.4 Å². The van der Waals surface area contributed by atoms with Gasteiger partial charge in [0.2, 0.25) is 0 Å². The molecule has 0 spiro atoms. The van der Waals surface area contributed by atoms with Gasteiger partial charge in [0.15, 0.2) is 0 Å². The number of hydrogen-bond acceptors (Lipinski definition) is 2. The number of phenolic OH excluding ortho intramolecular Hbond substituents is 1. The minimum atomic E-state index is 0.193. The van der Waals surface area contributed by atoms with E-state index in [4.69, 9.17) is 5.73 Å². The molecule has 0 amide bonds. The largest absolute Gasteiger partial charge is 0.508 e. The first-order valence-electron chi connectivity index (χ1n) is 4.83. The molecule has 0 aliphatic heterocycles. The van der Waals surface area contributed by atoms with Crippen LogP contribution >= 0.6 is 0 Å². The van der Waals surface area contributed by atoms with Crippen LogP contribution in [-0.4, -0.2) is 9.67 Å². The van der Waals surface area contributed by atoms with E-state index < -0.39 is 0 Å². The summed E-state index contributed by atoms with van der Waals surface area (Å²) < 4.78 is 2.06. The number of nitrogens with two attached hydrogens (primary N) is 1. The Hall–Kier alpha value is -1.90. The van der Waals surface area contributed by atoms with Gasteiger partial charge in [-0.15, -0.1) is 0 Å². The number of hydrogen-bond donors (Lipinski definition) is 2. The third kappa shape index (κ3) is 1.56. The summed E-state index contributed by atoms with van der Waals surface area (Å²) in [6.45, 7) is 4.05. The zero-order valence-corrected chi connectivity index (χ0v) is 8.86. The monoisotopic (exact) mass is 202 g/mol. The van der Waals surface area contributed by atoms with E-state index in [-0.39, 0.29) is 5.75 Å². The predicted octanol–water partition coefficient (Wildman–Crippen LogP) is 2.38. The minimum Gasteiger partial charge on any atom is -0.508 e. The fraction of sp³-hybridized carbons (Fsp3) is 0.167. The molecule has 0 radical (unpaired) electrons. The van der Waals surface area contributed by atoms with Gasteiger partial charge in [-0.2, -0.15) is 0 Å². The normalized spacial score (nSPS) is 10.5. The number of nitrogens with zero attached hydrogens (tertiary/aromatic N) is 1. The van der Waals surface area contributed by atoms with Crippen LogP contribution in [0.15, 0.2) is 30.3 Å². The third-order valence-corrected chi connectivity index (χ3v) is 2.52. The van der Waals surface area contributed by atoms with Gasteiger partial charge in [-0.1, -0.05) is 0 Å². The van der Waals surface area contributed by atoms with Crippen molar-refractivity contribution in [2.75, 3.05) is 5.73 Å². The van der Waals surface area contributed by atoms with Crippen LogP contribution in [-0.2, 0) is 0 Å². The van der Waals surface area contributed by atoms with Gasteiger partial charge in [0, 0.05) is 17.5 Å². The number of aromatic hydroxyl groups is 1. The van der Waals surface area contributed by atoms with Crippen LogP contribution < -0.4 is 5.73 Å². The summed E-state index contributed by atoms with van der Waals surface area (Å²) in [7, 11) is 0. The molecule has 0 aliphatic carbocycles. The van der Waals surface area contributed by atoms with Gasteiger partial charge in [0.25, 0.3) is 0 Å². The highest BCUT2D eigenvalue weighted by atomic mass is 16.3. The van der Waals surface area contributed by atoms with Crippen LogP contribution in [0.5, 0.6) is 5.75 Å². The van der Waals surface area contributed by atoms with Crippen molar-refractivity contribution < 1.29 is 5.11 Å². The highest BCUT2D eigenvalue weighted by Gasteiger charge is 2.07. The summed E-state index contributed by atoms with van der Waals surface area (Å²) in [5.41, 5.74) is 9.62. The Kier molecular flexibility index (Phi) is 2.15. The molecule has 0 saturated carbocycles. The molecule has 1 aromatic carbocycles. The molecule has 3 heteroatoms. The summed E-state index contributed by atoms with van der Waals surface area (Å²) in [5.74, 6) is 0.193. The molecule has 2 rings (SSSR count). The average Bonchev–Trinajstić information content (AvgIpc) is 2.48. The molecule has 0 aliphatic rings. The molecule has 1 heterocycles. The number of aromatic nitrogens is 1. The van der Waals surface area contributed by atoms with Crippen LogP contribution in [0.3, 0.4) is 0 Å². The van der Waals surface area contributed by atoms with E-state index in [1.807, 2.05) is 32.0 Å². The number of phenols is 1. The van der Waals surface area contributed by atoms with Gasteiger partial charge in [0.05, 0.1) is 11.4 Å². The van der Waals surface area contributed by atoms with E-state index >= 15 is 0 Å². The molecule has 0 bridgehead atoms. The Morgan fingerprint density at radius 2 is 1.67 bits per heavy atom. The van der Waals surface area contributed by atoms with E-state index in [9.17, 15) is 5.11 Å². The molecule has 0 unspecified atom stereocenters. The standard InChI is InChI=1S/C12H14N2O/c1-8-3-4-9(2)14(8)12-6-5-10(15)7-11(12)13/h3-7,15H,13H2,1-2H3. The molecule has 1 aromatic heterocycles. The minimum absolute atomic E-state index is 0.193. The van der Waals surface area contributed by atoms with Crippen molar-refractivity contribution in [2.24, 2.45) is 0 Å². The summed E-state index contributed by atoms with van der Waals surface area (Å²) in [6, 6.07) is 9.12. The van der Waals surface area contributed by atoms with Gasteiger partial charge in [-0.25, -0.2) is 0 Å². The highest BCUT2D eigenvalue weighted by Crippen LogP contribution is 2.25. The van der Waals surface area contributed by atoms with Crippen molar-refractivity contribution in [3.05, 3.63) is 41.7 Å².